The van der Waals surface area contributed by atoms with Gasteiger partial charge < -0.3 is 19.9 Å². The number of carbonyl (C=O) groups is 2. The standard InChI is InChI=1S/C22H24F2N2O5/c1-13(2)18(30-12-16-11-17(7-10-25-16)31-21(23)24)19(27)26-22(8-9-22)15-5-3-14(4-6-15)20(28)29/h3-7,10-11,13,18,21H,8-9,12H2,1-2H3,(H,26,27)(H,28,29). The van der Waals surface area contributed by atoms with Gasteiger partial charge in [-0.1, -0.05) is 26.0 Å². The Bertz CT molecular complexity index is 930. The van der Waals surface area contributed by atoms with Crippen molar-refractivity contribution in [3.05, 3.63) is 59.4 Å². The Hall–Kier alpha value is -3.07. The van der Waals surface area contributed by atoms with E-state index in [0.717, 1.165) is 18.4 Å². The third-order valence-electron chi connectivity index (χ3n) is 5.08. The van der Waals surface area contributed by atoms with E-state index in [9.17, 15) is 18.4 Å². The molecule has 31 heavy (non-hydrogen) atoms. The highest BCUT2D eigenvalue weighted by atomic mass is 19.3. The summed E-state index contributed by atoms with van der Waals surface area (Å²) in [4.78, 5) is 28.1. The number of carboxylic acid groups (broad SMARTS) is 1. The second kappa shape index (κ2) is 9.38. The summed E-state index contributed by atoms with van der Waals surface area (Å²) in [5.74, 6) is -1.48. The number of nitrogens with one attached hydrogen (secondary N) is 1. The summed E-state index contributed by atoms with van der Waals surface area (Å²) in [7, 11) is 0. The summed E-state index contributed by atoms with van der Waals surface area (Å²) in [5, 5.41) is 12.1. The highest BCUT2D eigenvalue weighted by Gasteiger charge is 2.46. The molecule has 1 atom stereocenters. The number of ether oxygens (including phenoxy) is 2. The quantitative estimate of drug-likeness (QED) is 0.591. The van der Waals surface area contributed by atoms with Gasteiger partial charge in [0.05, 0.1) is 23.4 Å². The monoisotopic (exact) mass is 434 g/mol. The first-order valence-corrected chi connectivity index (χ1v) is 9.87. The van der Waals surface area contributed by atoms with E-state index in [0.29, 0.717) is 5.69 Å². The lowest BCUT2D eigenvalue weighted by atomic mass is 10.0. The maximum absolute atomic E-state index is 12.9. The molecule has 0 saturated heterocycles. The Morgan fingerprint density at radius 1 is 1.19 bits per heavy atom. The van der Waals surface area contributed by atoms with Crippen molar-refractivity contribution >= 4 is 11.9 Å². The number of alkyl halides is 2. The molecule has 0 bridgehead atoms. The molecule has 1 heterocycles. The largest absolute Gasteiger partial charge is 0.478 e. The van der Waals surface area contributed by atoms with Crippen LogP contribution in [-0.2, 0) is 21.7 Å². The zero-order chi connectivity index (χ0) is 22.6. The summed E-state index contributed by atoms with van der Waals surface area (Å²) in [5.41, 5.74) is 0.849. The first-order chi connectivity index (χ1) is 14.7. The second-order valence-corrected chi connectivity index (χ2v) is 7.79. The summed E-state index contributed by atoms with van der Waals surface area (Å²) in [6.45, 7) is 0.700. The van der Waals surface area contributed by atoms with Crippen molar-refractivity contribution in [1.82, 2.24) is 10.3 Å². The molecule has 1 aliphatic carbocycles. The molecule has 3 rings (SSSR count). The van der Waals surface area contributed by atoms with Crippen LogP contribution in [0.2, 0.25) is 0 Å². The fourth-order valence-electron chi connectivity index (χ4n) is 3.31. The number of carboxylic acids is 1. The molecular formula is C22H24F2N2O5. The number of carbonyl (C=O) groups excluding carboxylic acids is 1. The normalized spacial score (nSPS) is 15.5. The Kier molecular flexibility index (Phi) is 6.84. The van der Waals surface area contributed by atoms with Gasteiger partial charge in [0, 0.05) is 12.3 Å². The molecule has 0 spiro atoms. The predicted molar refractivity (Wildman–Crippen MR) is 107 cm³/mol. The minimum atomic E-state index is -2.94. The fourth-order valence-corrected chi connectivity index (χ4v) is 3.31. The SMILES string of the molecule is CC(C)C(OCc1cc(OC(F)F)ccn1)C(=O)NC1(c2ccc(C(=O)O)cc2)CC1. The van der Waals surface area contributed by atoms with Gasteiger partial charge in [0.1, 0.15) is 11.9 Å². The van der Waals surface area contributed by atoms with E-state index in [-0.39, 0.29) is 29.7 Å². The van der Waals surface area contributed by atoms with Crippen molar-refractivity contribution in [3.8, 4) is 5.75 Å². The lowest BCUT2D eigenvalue weighted by Gasteiger charge is -2.25. The van der Waals surface area contributed by atoms with Crippen molar-refractivity contribution < 1.29 is 33.0 Å². The molecule has 0 radical (unpaired) electrons. The van der Waals surface area contributed by atoms with E-state index >= 15 is 0 Å². The Labute approximate surface area is 178 Å². The average Bonchev–Trinajstić information content (AvgIpc) is 3.48. The van der Waals surface area contributed by atoms with Gasteiger partial charge in [-0.25, -0.2) is 4.79 Å². The highest BCUT2D eigenvalue weighted by molar-refractivity contribution is 5.87. The molecule has 1 fully saturated rings. The van der Waals surface area contributed by atoms with Crippen molar-refractivity contribution in [1.29, 1.82) is 0 Å². The van der Waals surface area contributed by atoms with E-state index in [1.165, 1.54) is 30.5 Å². The molecule has 1 aromatic carbocycles. The Morgan fingerprint density at radius 2 is 1.87 bits per heavy atom. The molecule has 1 amide bonds. The van der Waals surface area contributed by atoms with Crippen molar-refractivity contribution in [2.75, 3.05) is 0 Å². The molecule has 2 aromatic rings. The molecule has 2 N–H and O–H groups in total. The molecule has 0 aliphatic heterocycles. The topological polar surface area (TPSA) is 97.8 Å². The van der Waals surface area contributed by atoms with Gasteiger partial charge >= 0.3 is 12.6 Å². The number of benzene rings is 1. The number of halogens is 2. The molecule has 1 aliphatic rings. The minimum Gasteiger partial charge on any atom is -0.478 e. The number of nitrogens with zero attached hydrogens (tertiary/aromatic N) is 1. The number of pyridine rings is 1. The van der Waals surface area contributed by atoms with Gasteiger partial charge in [0.15, 0.2) is 0 Å². The first kappa shape index (κ1) is 22.6. The van der Waals surface area contributed by atoms with E-state index in [2.05, 4.69) is 15.0 Å². The third-order valence-corrected chi connectivity index (χ3v) is 5.08. The lowest BCUT2D eigenvalue weighted by Crippen LogP contribution is -2.44. The van der Waals surface area contributed by atoms with Crippen LogP contribution in [0.4, 0.5) is 8.78 Å². The fraction of sp³-hybridized carbons (Fsp3) is 0.409. The first-order valence-electron chi connectivity index (χ1n) is 9.87. The summed E-state index contributed by atoms with van der Waals surface area (Å²) < 4.78 is 34.9. The maximum atomic E-state index is 12.9. The van der Waals surface area contributed by atoms with Crippen LogP contribution in [0.3, 0.4) is 0 Å². The van der Waals surface area contributed by atoms with E-state index in [4.69, 9.17) is 9.84 Å². The van der Waals surface area contributed by atoms with Gasteiger partial charge in [0.25, 0.3) is 0 Å². The number of hydrogen-bond donors (Lipinski definition) is 2. The van der Waals surface area contributed by atoms with E-state index in [1.54, 1.807) is 12.1 Å². The summed E-state index contributed by atoms with van der Waals surface area (Å²) in [6.07, 6.45) is 2.04. The predicted octanol–water partition coefficient (Wildman–Crippen LogP) is 3.73. The van der Waals surface area contributed by atoms with Crippen LogP contribution in [0.5, 0.6) is 5.75 Å². The zero-order valence-electron chi connectivity index (χ0n) is 17.2. The molecule has 9 heteroatoms. The second-order valence-electron chi connectivity index (χ2n) is 7.79. The summed E-state index contributed by atoms with van der Waals surface area (Å²) in [6, 6.07) is 9.10. The van der Waals surface area contributed by atoms with Crippen molar-refractivity contribution in [2.45, 2.75) is 51.6 Å². The van der Waals surface area contributed by atoms with Crippen LogP contribution >= 0.6 is 0 Å². The number of aromatic carboxylic acids is 1. The third kappa shape index (κ3) is 5.75. The Morgan fingerprint density at radius 3 is 2.42 bits per heavy atom. The van der Waals surface area contributed by atoms with Crippen LogP contribution in [0.1, 0.15) is 48.3 Å². The molecule has 166 valence electrons. The highest BCUT2D eigenvalue weighted by Crippen LogP contribution is 2.45. The number of hydrogen-bond acceptors (Lipinski definition) is 5. The van der Waals surface area contributed by atoms with Crippen molar-refractivity contribution in [2.24, 2.45) is 5.92 Å². The van der Waals surface area contributed by atoms with E-state index in [1.807, 2.05) is 13.8 Å². The number of rotatable bonds is 10. The number of aromatic nitrogens is 1. The Balaban J connectivity index is 1.65. The minimum absolute atomic E-state index is 0.0316. The van der Waals surface area contributed by atoms with Gasteiger partial charge in [0.2, 0.25) is 5.91 Å². The molecule has 7 nitrogen and oxygen atoms in total. The maximum Gasteiger partial charge on any atom is 0.387 e. The smallest absolute Gasteiger partial charge is 0.387 e. The van der Waals surface area contributed by atoms with Crippen LogP contribution in [0.25, 0.3) is 0 Å². The van der Waals surface area contributed by atoms with E-state index < -0.39 is 24.2 Å². The van der Waals surface area contributed by atoms with Crippen LogP contribution in [0.15, 0.2) is 42.6 Å². The zero-order valence-corrected chi connectivity index (χ0v) is 17.2. The number of amides is 1. The summed E-state index contributed by atoms with van der Waals surface area (Å²) >= 11 is 0. The average molecular weight is 434 g/mol. The molecular weight excluding hydrogens is 410 g/mol. The molecule has 1 aromatic heterocycles. The molecule has 1 unspecified atom stereocenters. The van der Waals surface area contributed by atoms with Gasteiger partial charge in [-0.05, 0) is 42.5 Å². The van der Waals surface area contributed by atoms with Gasteiger partial charge in [-0.15, -0.1) is 0 Å². The van der Waals surface area contributed by atoms with Crippen LogP contribution < -0.4 is 10.1 Å². The van der Waals surface area contributed by atoms with Gasteiger partial charge in [-0.3, -0.25) is 9.78 Å². The van der Waals surface area contributed by atoms with Crippen LogP contribution in [-0.4, -0.2) is 34.7 Å². The van der Waals surface area contributed by atoms with Crippen molar-refractivity contribution in [3.63, 3.8) is 0 Å². The van der Waals surface area contributed by atoms with Gasteiger partial charge in [-0.2, -0.15) is 8.78 Å². The molecule has 1 saturated carbocycles. The van der Waals surface area contributed by atoms with Crippen LogP contribution in [0, 0.1) is 5.92 Å². The lowest BCUT2D eigenvalue weighted by molar-refractivity contribution is -0.137.